The third-order valence-corrected chi connectivity index (χ3v) is 2.76. The molecular formula is C12H19N3O2. The van der Waals surface area contributed by atoms with Gasteiger partial charge in [-0.1, -0.05) is 0 Å². The Morgan fingerprint density at radius 2 is 2.18 bits per heavy atom. The van der Waals surface area contributed by atoms with E-state index in [2.05, 4.69) is 4.98 Å². The summed E-state index contributed by atoms with van der Waals surface area (Å²) in [6, 6.07) is 0. The number of imidazole rings is 1. The first-order valence-corrected chi connectivity index (χ1v) is 5.84. The van der Waals surface area contributed by atoms with Crippen LogP contribution in [0.25, 0.3) is 0 Å². The van der Waals surface area contributed by atoms with Crippen molar-refractivity contribution in [3.8, 4) is 0 Å². The van der Waals surface area contributed by atoms with Gasteiger partial charge in [0.2, 0.25) is 0 Å². The van der Waals surface area contributed by atoms with Crippen LogP contribution in [0.3, 0.4) is 0 Å². The summed E-state index contributed by atoms with van der Waals surface area (Å²) < 4.78 is 7.33. The lowest BCUT2D eigenvalue weighted by molar-refractivity contribution is 0.0219. The molecule has 5 nitrogen and oxygen atoms in total. The average molecular weight is 237 g/mol. The van der Waals surface area contributed by atoms with Crippen molar-refractivity contribution in [2.45, 2.75) is 39.3 Å². The first kappa shape index (κ1) is 12.0. The Balaban J connectivity index is 2.07. The van der Waals surface area contributed by atoms with Crippen LogP contribution in [0.2, 0.25) is 0 Å². The molecule has 0 spiro atoms. The normalized spacial score (nSPS) is 15.6. The Morgan fingerprint density at radius 1 is 1.47 bits per heavy atom. The summed E-state index contributed by atoms with van der Waals surface area (Å²) in [6.07, 6.45) is 2.35. The zero-order chi connectivity index (χ0) is 12.6. The molecule has 2 rings (SSSR count). The number of carbonyl (C=O) groups is 1. The molecule has 5 heteroatoms. The molecule has 0 saturated heterocycles. The highest BCUT2D eigenvalue weighted by Gasteiger charge is 2.27. The van der Waals surface area contributed by atoms with E-state index in [1.165, 1.54) is 0 Å². The maximum atomic E-state index is 11.9. The van der Waals surface area contributed by atoms with Gasteiger partial charge in [0, 0.05) is 20.0 Å². The van der Waals surface area contributed by atoms with Crippen molar-refractivity contribution >= 4 is 6.09 Å². The van der Waals surface area contributed by atoms with Gasteiger partial charge in [-0.05, 0) is 20.8 Å². The third kappa shape index (κ3) is 2.60. The van der Waals surface area contributed by atoms with Crippen LogP contribution in [0, 0.1) is 0 Å². The second kappa shape index (κ2) is 4.05. The number of carbonyl (C=O) groups excluding carboxylic acids is 1. The van der Waals surface area contributed by atoms with E-state index in [4.69, 9.17) is 4.74 Å². The van der Waals surface area contributed by atoms with Crippen LogP contribution < -0.4 is 0 Å². The highest BCUT2D eigenvalue weighted by molar-refractivity contribution is 5.68. The molecule has 0 fully saturated rings. The monoisotopic (exact) mass is 237 g/mol. The van der Waals surface area contributed by atoms with Gasteiger partial charge in [0.1, 0.15) is 5.60 Å². The lowest BCUT2D eigenvalue weighted by Crippen LogP contribution is -2.40. The lowest BCUT2D eigenvalue weighted by Gasteiger charge is -2.30. The Kier molecular flexibility index (Phi) is 2.85. The van der Waals surface area contributed by atoms with Gasteiger partial charge < -0.3 is 14.2 Å². The molecular weight excluding hydrogens is 218 g/mol. The van der Waals surface area contributed by atoms with Gasteiger partial charge in [0.05, 0.1) is 24.3 Å². The summed E-state index contributed by atoms with van der Waals surface area (Å²) in [7, 11) is 1.95. The molecule has 0 unspecified atom stereocenters. The Morgan fingerprint density at radius 3 is 2.82 bits per heavy atom. The van der Waals surface area contributed by atoms with Gasteiger partial charge in [0.25, 0.3) is 0 Å². The maximum Gasteiger partial charge on any atom is 0.410 e. The SMILES string of the molecule is Cn1cnc2c1CN(C(=O)OC(C)(C)C)CC2. The molecule has 0 bridgehead atoms. The molecule has 0 N–H and O–H groups in total. The van der Waals surface area contributed by atoms with Crippen molar-refractivity contribution in [2.75, 3.05) is 6.54 Å². The van der Waals surface area contributed by atoms with Gasteiger partial charge in [-0.15, -0.1) is 0 Å². The number of aromatic nitrogens is 2. The topological polar surface area (TPSA) is 47.4 Å². The third-order valence-electron chi connectivity index (χ3n) is 2.76. The number of fused-ring (bicyclic) bond motifs is 1. The zero-order valence-electron chi connectivity index (χ0n) is 10.9. The predicted molar refractivity (Wildman–Crippen MR) is 63.6 cm³/mol. The fraction of sp³-hybridized carbons (Fsp3) is 0.667. The Labute approximate surface area is 101 Å². The molecule has 0 atom stereocenters. The molecule has 1 aliphatic rings. The van der Waals surface area contributed by atoms with Crippen LogP contribution in [0.5, 0.6) is 0 Å². The summed E-state index contributed by atoms with van der Waals surface area (Å²) >= 11 is 0. The van der Waals surface area contributed by atoms with E-state index in [1.807, 2.05) is 32.4 Å². The van der Waals surface area contributed by atoms with Crippen LogP contribution in [0.4, 0.5) is 4.79 Å². The molecule has 1 aromatic rings. The molecule has 1 aliphatic heterocycles. The standard InChI is InChI=1S/C12H19N3O2/c1-12(2,3)17-11(16)15-6-5-9-10(7-15)14(4)8-13-9/h8H,5-7H2,1-4H3. The number of hydrogen-bond donors (Lipinski definition) is 0. The van der Waals surface area contributed by atoms with Crippen LogP contribution >= 0.6 is 0 Å². The van der Waals surface area contributed by atoms with E-state index in [0.717, 1.165) is 17.8 Å². The minimum Gasteiger partial charge on any atom is -0.444 e. The van der Waals surface area contributed by atoms with Gasteiger partial charge >= 0.3 is 6.09 Å². The van der Waals surface area contributed by atoms with Crippen LogP contribution in [-0.2, 0) is 24.8 Å². The average Bonchev–Trinajstić information content (AvgIpc) is 2.57. The highest BCUT2D eigenvalue weighted by Crippen LogP contribution is 2.19. The fourth-order valence-corrected chi connectivity index (χ4v) is 1.90. The number of nitrogens with zero attached hydrogens (tertiary/aromatic N) is 3. The van der Waals surface area contributed by atoms with Crippen molar-refractivity contribution in [2.24, 2.45) is 7.05 Å². The lowest BCUT2D eigenvalue weighted by atomic mass is 10.1. The smallest absolute Gasteiger partial charge is 0.410 e. The molecule has 0 radical (unpaired) electrons. The Bertz CT molecular complexity index is 431. The fourth-order valence-electron chi connectivity index (χ4n) is 1.90. The van der Waals surface area contributed by atoms with Gasteiger partial charge in [-0.25, -0.2) is 9.78 Å². The molecule has 0 saturated carbocycles. The van der Waals surface area contributed by atoms with E-state index < -0.39 is 5.60 Å². The summed E-state index contributed by atoms with van der Waals surface area (Å²) in [5, 5.41) is 0. The highest BCUT2D eigenvalue weighted by atomic mass is 16.6. The molecule has 94 valence electrons. The predicted octanol–water partition coefficient (Wildman–Crippen LogP) is 1.71. The van der Waals surface area contributed by atoms with E-state index >= 15 is 0 Å². The van der Waals surface area contributed by atoms with Gasteiger partial charge in [0.15, 0.2) is 0 Å². The molecule has 0 aliphatic carbocycles. The van der Waals surface area contributed by atoms with E-state index in [-0.39, 0.29) is 6.09 Å². The van der Waals surface area contributed by atoms with Gasteiger partial charge in [-0.2, -0.15) is 0 Å². The van der Waals surface area contributed by atoms with Crippen LogP contribution in [-0.4, -0.2) is 32.7 Å². The summed E-state index contributed by atoms with van der Waals surface area (Å²) in [4.78, 5) is 18.0. The van der Waals surface area contributed by atoms with Gasteiger partial charge in [-0.3, -0.25) is 0 Å². The van der Waals surface area contributed by atoms with E-state index in [1.54, 1.807) is 11.2 Å². The second-order valence-electron chi connectivity index (χ2n) is 5.40. The van der Waals surface area contributed by atoms with Crippen LogP contribution in [0.1, 0.15) is 32.2 Å². The maximum absolute atomic E-state index is 11.9. The van der Waals surface area contributed by atoms with E-state index in [9.17, 15) is 4.79 Å². The number of rotatable bonds is 0. The number of ether oxygens (including phenoxy) is 1. The molecule has 0 aromatic carbocycles. The first-order valence-electron chi connectivity index (χ1n) is 5.84. The summed E-state index contributed by atoms with van der Waals surface area (Å²) in [6.45, 7) is 6.90. The number of amides is 1. The van der Waals surface area contributed by atoms with Crippen molar-refractivity contribution in [1.82, 2.24) is 14.5 Å². The first-order chi connectivity index (χ1) is 7.87. The molecule has 1 aromatic heterocycles. The Hall–Kier alpha value is -1.52. The van der Waals surface area contributed by atoms with Crippen molar-refractivity contribution < 1.29 is 9.53 Å². The molecule has 2 heterocycles. The largest absolute Gasteiger partial charge is 0.444 e. The summed E-state index contributed by atoms with van der Waals surface area (Å²) in [5.74, 6) is 0. The van der Waals surface area contributed by atoms with Crippen molar-refractivity contribution in [1.29, 1.82) is 0 Å². The number of aryl methyl sites for hydroxylation is 1. The van der Waals surface area contributed by atoms with Crippen molar-refractivity contribution in [3.63, 3.8) is 0 Å². The number of hydrogen-bond acceptors (Lipinski definition) is 3. The molecule has 17 heavy (non-hydrogen) atoms. The summed E-state index contributed by atoms with van der Waals surface area (Å²) in [5.41, 5.74) is 1.75. The molecule has 1 amide bonds. The quantitative estimate of drug-likeness (QED) is 0.690. The minimum absolute atomic E-state index is 0.246. The zero-order valence-corrected chi connectivity index (χ0v) is 10.9. The van der Waals surface area contributed by atoms with Crippen molar-refractivity contribution in [3.05, 3.63) is 17.7 Å². The minimum atomic E-state index is -0.441. The van der Waals surface area contributed by atoms with E-state index in [0.29, 0.717) is 13.1 Å². The van der Waals surface area contributed by atoms with Crippen LogP contribution in [0.15, 0.2) is 6.33 Å². The second-order valence-corrected chi connectivity index (χ2v) is 5.40.